The molecule has 1 aromatic carbocycles. The zero-order valence-corrected chi connectivity index (χ0v) is 11.8. The molecule has 4 nitrogen and oxygen atoms in total. The number of nitrogens with one attached hydrogen (secondary N) is 1. The Labute approximate surface area is 117 Å². The Morgan fingerprint density at radius 3 is 2.74 bits per heavy atom. The molecule has 1 amide bonds. The molecule has 2 N–H and O–H groups in total. The van der Waals surface area contributed by atoms with Gasteiger partial charge in [0.1, 0.15) is 0 Å². The molecule has 0 saturated carbocycles. The summed E-state index contributed by atoms with van der Waals surface area (Å²) in [5.74, 6) is -0.870. The van der Waals surface area contributed by atoms with Crippen LogP contribution in [0.3, 0.4) is 0 Å². The number of aliphatic carboxylic acids is 1. The quantitative estimate of drug-likeness (QED) is 0.843. The highest BCUT2D eigenvalue weighted by atomic mass is 35.5. The van der Waals surface area contributed by atoms with E-state index < -0.39 is 5.97 Å². The van der Waals surface area contributed by atoms with Crippen LogP contribution in [-0.2, 0) is 4.79 Å². The van der Waals surface area contributed by atoms with Crippen molar-refractivity contribution in [2.45, 2.75) is 26.7 Å². The van der Waals surface area contributed by atoms with Crippen LogP contribution in [0.4, 0.5) is 0 Å². The van der Waals surface area contributed by atoms with E-state index in [0.29, 0.717) is 23.6 Å². The molecular formula is C14H18ClNO3. The lowest BCUT2D eigenvalue weighted by atomic mass is 10.0. The molecular weight excluding hydrogens is 266 g/mol. The van der Waals surface area contributed by atoms with E-state index in [-0.39, 0.29) is 18.2 Å². The van der Waals surface area contributed by atoms with Gasteiger partial charge in [-0.1, -0.05) is 24.6 Å². The van der Waals surface area contributed by atoms with Gasteiger partial charge in [0.2, 0.25) is 0 Å². The summed E-state index contributed by atoms with van der Waals surface area (Å²) in [6.45, 7) is 4.16. The normalized spacial score (nSPS) is 11.9. The Hall–Kier alpha value is -1.55. The average Bonchev–Trinajstić information content (AvgIpc) is 2.36. The molecule has 19 heavy (non-hydrogen) atoms. The van der Waals surface area contributed by atoms with Crippen molar-refractivity contribution in [3.63, 3.8) is 0 Å². The van der Waals surface area contributed by atoms with Gasteiger partial charge in [0.25, 0.3) is 5.91 Å². The highest BCUT2D eigenvalue weighted by molar-refractivity contribution is 6.31. The molecule has 1 atom stereocenters. The van der Waals surface area contributed by atoms with E-state index in [0.717, 1.165) is 5.56 Å². The Balaban J connectivity index is 2.51. The van der Waals surface area contributed by atoms with Gasteiger partial charge in [-0.25, -0.2) is 0 Å². The molecule has 0 aliphatic rings. The van der Waals surface area contributed by atoms with Crippen molar-refractivity contribution >= 4 is 23.5 Å². The first-order chi connectivity index (χ1) is 8.91. The van der Waals surface area contributed by atoms with Crippen LogP contribution in [-0.4, -0.2) is 23.5 Å². The maximum absolute atomic E-state index is 12.0. The molecule has 1 unspecified atom stereocenters. The van der Waals surface area contributed by atoms with Crippen molar-refractivity contribution in [1.29, 1.82) is 0 Å². The van der Waals surface area contributed by atoms with E-state index in [4.69, 9.17) is 16.7 Å². The predicted molar refractivity (Wildman–Crippen MR) is 74.6 cm³/mol. The molecule has 0 bridgehead atoms. The number of carboxylic acids is 1. The fourth-order valence-corrected chi connectivity index (χ4v) is 1.86. The molecule has 0 fully saturated rings. The third-order valence-electron chi connectivity index (χ3n) is 2.97. The first-order valence-electron chi connectivity index (χ1n) is 6.17. The number of halogens is 1. The molecule has 1 aromatic rings. The number of carbonyl (C=O) groups is 2. The number of hydrogen-bond acceptors (Lipinski definition) is 2. The summed E-state index contributed by atoms with van der Waals surface area (Å²) < 4.78 is 0. The van der Waals surface area contributed by atoms with E-state index in [1.807, 2.05) is 6.92 Å². The molecule has 5 heteroatoms. The Kier molecular flexibility index (Phi) is 5.83. The van der Waals surface area contributed by atoms with E-state index in [2.05, 4.69) is 5.32 Å². The van der Waals surface area contributed by atoms with Gasteiger partial charge in [-0.15, -0.1) is 0 Å². The minimum atomic E-state index is -0.816. The summed E-state index contributed by atoms with van der Waals surface area (Å²) in [7, 11) is 0. The van der Waals surface area contributed by atoms with Crippen molar-refractivity contribution in [1.82, 2.24) is 5.32 Å². The van der Waals surface area contributed by atoms with Crippen LogP contribution >= 0.6 is 11.6 Å². The molecule has 0 saturated heterocycles. The number of carboxylic acid groups (broad SMARTS) is 1. The van der Waals surface area contributed by atoms with Crippen LogP contribution in [0.25, 0.3) is 0 Å². The SMILES string of the molecule is Cc1c(Cl)cccc1C(=O)NCC(C)CCC(=O)O. The third kappa shape index (κ3) is 4.91. The maximum Gasteiger partial charge on any atom is 0.303 e. The first kappa shape index (κ1) is 15.5. The second kappa shape index (κ2) is 7.14. The zero-order valence-electron chi connectivity index (χ0n) is 11.1. The van der Waals surface area contributed by atoms with Crippen LogP contribution in [0.2, 0.25) is 5.02 Å². The number of benzene rings is 1. The van der Waals surface area contributed by atoms with Gasteiger partial charge in [0, 0.05) is 23.6 Å². The van der Waals surface area contributed by atoms with Crippen LogP contribution in [0.1, 0.15) is 35.7 Å². The Bertz CT molecular complexity index is 474. The molecule has 104 valence electrons. The summed E-state index contributed by atoms with van der Waals surface area (Å²) in [5.41, 5.74) is 1.30. The van der Waals surface area contributed by atoms with E-state index in [1.54, 1.807) is 25.1 Å². The number of amides is 1. The summed E-state index contributed by atoms with van der Waals surface area (Å²) in [5, 5.41) is 11.9. The smallest absolute Gasteiger partial charge is 0.303 e. The molecule has 1 rings (SSSR count). The van der Waals surface area contributed by atoms with Crippen molar-refractivity contribution < 1.29 is 14.7 Å². The summed E-state index contributed by atoms with van der Waals surface area (Å²) in [6, 6.07) is 5.19. The van der Waals surface area contributed by atoms with Gasteiger partial charge >= 0.3 is 5.97 Å². The number of rotatable bonds is 6. The highest BCUT2D eigenvalue weighted by Gasteiger charge is 2.12. The minimum Gasteiger partial charge on any atom is -0.481 e. The van der Waals surface area contributed by atoms with Crippen LogP contribution in [0.5, 0.6) is 0 Å². The fourth-order valence-electron chi connectivity index (χ4n) is 1.69. The predicted octanol–water partition coefficient (Wildman–Crippen LogP) is 2.88. The van der Waals surface area contributed by atoms with Crippen molar-refractivity contribution in [3.8, 4) is 0 Å². The highest BCUT2D eigenvalue weighted by Crippen LogP contribution is 2.18. The molecule has 0 aliphatic carbocycles. The van der Waals surface area contributed by atoms with Crippen LogP contribution < -0.4 is 5.32 Å². The number of carbonyl (C=O) groups excluding carboxylic acids is 1. The second-order valence-corrected chi connectivity index (χ2v) is 5.07. The van der Waals surface area contributed by atoms with Crippen molar-refractivity contribution in [2.75, 3.05) is 6.54 Å². The third-order valence-corrected chi connectivity index (χ3v) is 3.38. The average molecular weight is 284 g/mol. The van der Waals surface area contributed by atoms with Gasteiger partial charge in [0.15, 0.2) is 0 Å². The lowest BCUT2D eigenvalue weighted by Gasteiger charge is -2.13. The van der Waals surface area contributed by atoms with Crippen LogP contribution in [0.15, 0.2) is 18.2 Å². The van der Waals surface area contributed by atoms with Gasteiger partial charge < -0.3 is 10.4 Å². The van der Waals surface area contributed by atoms with E-state index in [9.17, 15) is 9.59 Å². The van der Waals surface area contributed by atoms with Gasteiger partial charge in [-0.2, -0.15) is 0 Å². The zero-order chi connectivity index (χ0) is 14.4. The summed E-state index contributed by atoms with van der Waals surface area (Å²) in [4.78, 5) is 22.4. The first-order valence-corrected chi connectivity index (χ1v) is 6.54. The molecule has 0 aromatic heterocycles. The van der Waals surface area contributed by atoms with E-state index in [1.165, 1.54) is 0 Å². The minimum absolute atomic E-state index is 0.118. The monoisotopic (exact) mass is 283 g/mol. The molecule has 0 radical (unpaired) electrons. The molecule has 0 heterocycles. The lowest BCUT2D eigenvalue weighted by molar-refractivity contribution is -0.137. The summed E-state index contributed by atoms with van der Waals surface area (Å²) in [6.07, 6.45) is 0.664. The van der Waals surface area contributed by atoms with Gasteiger partial charge in [-0.3, -0.25) is 9.59 Å². The van der Waals surface area contributed by atoms with E-state index >= 15 is 0 Å². The fraction of sp³-hybridized carbons (Fsp3) is 0.429. The maximum atomic E-state index is 12.0. The van der Waals surface area contributed by atoms with Crippen LogP contribution in [0, 0.1) is 12.8 Å². The van der Waals surface area contributed by atoms with Crippen molar-refractivity contribution in [3.05, 3.63) is 34.3 Å². The Morgan fingerprint density at radius 2 is 2.11 bits per heavy atom. The lowest BCUT2D eigenvalue weighted by Crippen LogP contribution is -2.29. The largest absolute Gasteiger partial charge is 0.481 e. The Morgan fingerprint density at radius 1 is 1.42 bits per heavy atom. The topological polar surface area (TPSA) is 66.4 Å². The van der Waals surface area contributed by atoms with Gasteiger partial charge in [-0.05, 0) is 37.0 Å². The summed E-state index contributed by atoms with van der Waals surface area (Å²) >= 11 is 5.96. The van der Waals surface area contributed by atoms with Crippen molar-refractivity contribution in [2.24, 2.45) is 5.92 Å². The molecule has 0 spiro atoms. The second-order valence-electron chi connectivity index (χ2n) is 4.66. The van der Waals surface area contributed by atoms with Gasteiger partial charge in [0.05, 0.1) is 0 Å². The molecule has 0 aliphatic heterocycles. The number of hydrogen-bond donors (Lipinski definition) is 2. The standard InChI is InChI=1S/C14H18ClNO3/c1-9(6-7-13(17)18)8-16-14(19)11-4-3-5-12(15)10(11)2/h3-5,9H,6-8H2,1-2H3,(H,16,19)(H,17,18).